The molecule has 1 heterocycles. The van der Waals surface area contributed by atoms with Gasteiger partial charge in [-0.25, -0.2) is 9.37 Å². The zero-order valence-corrected chi connectivity index (χ0v) is 8.88. The maximum Gasteiger partial charge on any atom is 0.123 e. The first kappa shape index (κ1) is 10.2. The molecular weight excluding hydrogens is 209 g/mol. The summed E-state index contributed by atoms with van der Waals surface area (Å²) in [7, 11) is 0. The Balaban J connectivity index is 1.96. The summed E-state index contributed by atoms with van der Waals surface area (Å²) in [5.41, 5.74) is 1.10. The fourth-order valence-corrected chi connectivity index (χ4v) is 1.99. The largest absolute Gasteiger partial charge is 0.250 e. The third-order valence-electron chi connectivity index (χ3n) is 1.94. The number of aromatic nitrogens is 1. The fraction of sp³-hybridized carbons (Fsp3) is 0.0833. The lowest BCUT2D eigenvalue weighted by Crippen LogP contribution is -1.83. The van der Waals surface area contributed by atoms with Crippen molar-refractivity contribution in [2.45, 2.75) is 10.8 Å². The van der Waals surface area contributed by atoms with Gasteiger partial charge in [0.1, 0.15) is 5.82 Å². The van der Waals surface area contributed by atoms with Crippen LogP contribution in [0.4, 0.5) is 4.39 Å². The number of benzene rings is 1. The quantitative estimate of drug-likeness (QED) is 0.733. The molecule has 3 heteroatoms. The molecule has 15 heavy (non-hydrogen) atoms. The van der Waals surface area contributed by atoms with Gasteiger partial charge in [0, 0.05) is 11.9 Å². The van der Waals surface area contributed by atoms with Gasteiger partial charge in [0.05, 0.1) is 5.03 Å². The first-order valence-corrected chi connectivity index (χ1v) is 5.61. The highest BCUT2D eigenvalue weighted by Crippen LogP contribution is 2.19. The second-order valence-electron chi connectivity index (χ2n) is 3.08. The van der Waals surface area contributed by atoms with E-state index >= 15 is 0 Å². The van der Waals surface area contributed by atoms with Crippen LogP contribution in [0.5, 0.6) is 0 Å². The molecule has 0 atom stereocenters. The highest BCUT2D eigenvalue weighted by molar-refractivity contribution is 7.98. The van der Waals surface area contributed by atoms with E-state index in [2.05, 4.69) is 4.98 Å². The molecule has 1 aromatic heterocycles. The van der Waals surface area contributed by atoms with E-state index in [-0.39, 0.29) is 5.82 Å². The van der Waals surface area contributed by atoms with Crippen molar-refractivity contribution in [3.63, 3.8) is 0 Å². The highest BCUT2D eigenvalue weighted by Gasteiger charge is 1.96. The Morgan fingerprint density at radius 3 is 2.53 bits per heavy atom. The summed E-state index contributed by atoms with van der Waals surface area (Å²) in [6.07, 6.45) is 1.77. The summed E-state index contributed by atoms with van der Waals surface area (Å²) in [5.74, 6) is 0.624. The summed E-state index contributed by atoms with van der Waals surface area (Å²) < 4.78 is 12.6. The van der Waals surface area contributed by atoms with Gasteiger partial charge in [-0.15, -0.1) is 11.8 Å². The van der Waals surface area contributed by atoms with E-state index in [9.17, 15) is 4.39 Å². The lowest BCUT2D eigenvalue weighted by molar-refractivity contribution is 0.627. The van der Waals surface area contributed by atoms with Gasteiger partial charge in [0.25, 0.3) is 0 Å². The Kier molecular flexibility index (Phi) is 3.35. The van der Waals surface area contributed by atoms with Crippen LogP contribution < -0.4 is 0 Å². The normalized spacial score (nSPS) is 10.2. The maximum atomic E-state index is 12.6. The molecule has 2 aromatic rings. The minimum atomic E-state index is -0.193. The molecule has 0 aliphatic heterocycles. The standard InChI is InChI=1S/C12H10FNS/c13-11-6-4-10(5-7-11)9-15-12-3-1-2-8-14-12/h1-8H,9H2. The van der Waals surface area contributed by atoms with Gasteiger partial charge in [-0.05, 0) is 29.8 Å². The average molecular weight is 219 g/mol. The molecule has 0 fully saturated rings. The van der Waals surface area contributed by atoms with E-state index < -0.39 is 0 Å². The third kappa shape index (κ3) is 3.06. The van der Waals surface area contributed by atoms with E-state index in [4.69, 9.17) is 0 Å². The van der Waals surface area contributed by atoms with Gasteiger partial charge in [-0.2, -0.15) is 0 Å². The van der Waals surface area contributed by atoms with Crippen LogP contribution in [-0.4, -0.2) is 4.98 Å². The summed E-state index contributed by atoms with van der Waals surface area (Å²) in [6.45, 7) is 0. The van der Waals surface area contributed by atoms with Gasteiger partial charge < -0.3 is 0 Å². The Hall–Kier alpha value is -1.35. The van der Waals surface area contributed by atoms with Crippen molar-refractivity contribution >= 4 is 11.8 Å². The molecule has 1 aromatic carbocycles. The molecule has 76 valence electrons. The third-order valence-corrected chi connectivity index (χ3v) is 2.95. The van der Waals surface area contributed by atoms with E-state index in [0.29, 0.717) is 0 Å². The smallest absolute Gasteiger partial charge is 0.123 e. The molecule has 0 spiro atoms. The molecule has 0 saturated carbocycles. The Labute approximate surface area is 92.4 Å². The Morgan fingerprint density at radius 2 is 1.87 bits per heavy atom. The molecule has 0 N–H and O–H groups in total. The van der Waals surface area contributed by atoms with Gasteiger partial charge in [0.2, 0.25) is 0 Å². The fourth-order valence-electron chi connectivity index (χ4n) is 1.17. The van der Waals surface area contributed by atoms with Crippen LogP contribution in [0.15, 0.2) is 53.7 Å². The number of nitrogens with zero attached hydrogens (tertiary/aromatic N) is 1. The zero-order chi connectivity index (χ0) is 10.5. The van der Waals surface area contributed by atoms with Crippen LogP contribution in [0.25, 0.3) is 0 Å². The lowest BCUT2D eigenvalue weighted by Gasteiger charge is -2.00. The Bertz CT molecular complexity index is 413. The lowest BCUT2D eigenvalue weighted by atomic mass is 10.2. The minimum Gasteiger partial charge on any atom is -0.250 e. The number of rotatable bonds is 3. The number of pyridine rings is 1. The first-order chi connectivity index (χ1) is 7.34. The molecule has 0 bridgehead atoms. The molecule has 0 aliphatic carbocycles. The number of hydrogen-bond donors (Lipinski definition) is 0. The zero-order valence-electron chi connectivity index (χ0n) is 8.06. The summed E-state index contributed by atoms with van der Waals surface area (Å²) in [4.78, 5) is 4.20. The molecule has 0 aliphatic rings. The topological polar surface area (TPSA) is 12.9 Å². The van der Waals surface area contributed by atoms with Crippen LogP contribution >= 0.6 is 11.8 Å². The summed E-state index contributed by atoms with van der Waals surface area (Å²) in [5, 5.41) is 0.988. The van der Waals surface area contributed by atoms with Crippen molar-refractivity contribution in [2.24, 2.45) is 0 Å². The number of hydrogen-bond acceptors (Lipinski definition) is 2. The minimum absolute atomic E-state index is 0.193. The van der Waals surface area contributed by atoms with Crippen molar-refractivity contribution in [2.75, 3.05) is 0 Å². The van der Waals surface area contributed by atoms with Crippen LogP contribution in [0.2, 0.25) is 0 Å². The summed E-state index contributed by atoms with van der Waals surface area (Å²) >= 11 is 1.65. The van der Waals surface area contributed by atoms with E-state index in [0.717, 1.165) is 16.3 Å². The molecular formula is C12H10FNS. The summed E-state index contributed by atoms with van der Waals surface area (Å²) in [6, 6.07) is 12.4. The maximum absolute atomic E-state index is 12.6. The monoisotopic (exact) mass is 219 g/mol. The molecule has 0 radical (unpaired) electrons. The SMILES string of the molecule is Fc1ccc(CSc2ccccn2)cc1. The van der Waals surface area contributed by atoms with Crippen LogP contribution in [0.1, 0.15) is 5.56 Å². The second-order valence-corrected chi connectivity index (χ2v) is 4.08. The predicted octanol–water partition coefficient (Wildman–Crippen LogP) is 3.51. The van der Waals surface area contributed by atoms with Gasteiger partial charge in [-0.3, -0.25) is 0 Å². The first-order valence-electron chi connectivity index (χ1n) is 4.63. The van der Waals surface area contributed by atoms with Crippen molar-refractivity contribution in [1.82, 2.24) is 4.98 Å². The molecule has 0 saturated heterocycles. The number of halogens is 1. The molecule has 0 amide bonds. The van der Waals surface area contributed by atoms with Crippen LogP contribution in [-0.2, 0) is 5.75 Å². The van der Waals surface area contributed by atoms with Crippen LogP contribution in [0, 0.1) is 5.82 Å². The van der Waals surface area contributed by atoms with E-state index in [1.165, 1.54) is 12.1 Å². The second kappa shape index (κ2) is 4.94. The Morgan fingerprint density at radius 1 is 1.07 bits per heavy atom. The molecule has 2 rings (SSSR count). The van der Waals surface area contributed by atoms with Crippen molar-refractivity contribution in [3.8, 4) is 0 Å². The van der Waals surface area contributed by atoms with Crippen molar-refractivity contribution in [1.29, 1.82) is 0 Å². The predicted molar refractivity (Wildman–Crippen MR) is 60.2 cm³/mol. The molecule has 1 nitrogen and oxygen atoms in total. The van der Waals surface area contributed by atoms with Crippen molar-refractivity contribution in [3.05, 3.63) is 60.0 Å². The van der Waals surface area contributed by atoms with Crippen LogP contribution in [0.3, 0.4) is 0 Å². The molecule has 0 unspecified atom stereocenters. The van der Waals surface area contributed by atoms with E-state index in [1.54, 1.807) is 30.1 Å². The number of thioether (sulfide) groups is 1. The van der Waals surface area contributed by atoms with E-state index in [1.807, 2.05) is 18.2 Å². The highest BCUT2D eigenvalue weighted by atomic mass is 32.2. The van der Waals surface area contributed by atoms with Gasteiger partial charge in [0.15, 0.2) is 0 Å². The van der Waals surface area contributed by atoms with Crippen molar-refractivity contribution < 1.29 is 4.39 Å². The average Bonchev–Trinajstić information content (AvgIpc) is 2.30. The van der Waals surface area contributed by atoms with Gasteiger partial charge >= 0.3 is 0 Å². The van der Waals surface area contributed by atoms with Gasteiger partial charge in [-0.1, -0.05) is 18.2 Å².